The summed E-state index contributed by atoms with van der Waals surface area (Å²) in [6, 6.07) is 8.89. The Morgan fingerprint density at radius 2 is 1.69 bits per heavy atom. The number of methoxy groups -OCH3 is 3. The Kier molecular flexibility index (Phi) is 7.22. The quantitative estimate of drug-likeness (QED) is 0.516. The van der Waals surface area contributed by atoms with Crippen LogP contribution in [0.25, 0.3) is 0 Å². The first-order valence-corrected chi connectivity index (χ1v) is 11.5. The third-order valence-corrected chi connectivity index (χ3v) is 6.44. The number of carbonyl (C=O) groups excluding carboxylic acids is 4. The molecule has 2 aromatic carbocycles. The number of ether oxygens (including phenoxy) is 3. The van der Waals surface area contributed by atoms with Gasteiger partial charge in [-0.25, -0.2) is 4.79 Å². The number of hydrogen-bond donors (Lipinski definition) is 2. The zero-order valence-electron chi connectivity index (χ0n) is 20.9. The summed E-state index contributed by atoms with van der Waals surface area (Å²) in [6.07, 6.45) is -5.35. The Labute approximate surface area is 219 Å². The highest BCUT2D eigenvalue weighted by Crippen LogP contribution is 2.44. The molecule has 0 radical (unpaired) electrons. The number of amidine groups is 1. The van der Waals surface area contributed by atoms with E-state index in [2.05, 4.69) is 4.99 Å². The van der Waals surface area contributed by atoms with E-state index < -0.39 is 47.2 Å². The number of carbonyl (C=O) groups is 4. The van der Waals surface area contributed by atoms with E-state index in [0.29, 0.717) is 22.8 Å². The molecule has 0 spiro atoms. The Morgan fingerprint density at radius 1 is 1.03 bits per heavy atom. The highest BCUT2D eigenvalue weighted by atomic mass is 19.4. The summed E-state index contributed by atoms with van der Waals surface area (Å²) in [6.45, 7) is -0.239. The van der Waals surface area contributed by atoms with Crippen LogP contribution >= 0.6 is 0 Å². The van der Waals surface area contributed by atoms with E-state index >= 15 is 0 Å². The molecule has 0 bridgehead atoms. The van der Waals surface area contributed by atoms with Crippen LogP contribution < -0.4 is 24.8 Å². The number of urea groups is 1. The van der Waals surface area contributed by atoms with Gasteiger partial charge in [-0.1, -0.05) is 6.07 Å². The summed E-state index contributed by atoms with van der Waals surface area (Å²) in [5, 5.41) is 3.56. The molecule has 2 aromatic rings. The lowest BCUT2D eigenvalue weighted by atomic mass is 9.81. The number of aliphatic imine (C=N–C) groups is 1. The van der Waals surface area contributed by atoms with Crippen LogP contribution in [0, 0.1) is 5.92 Å². The Morgan fingerprint density at radius 3 is 2.28 bits per heavy atom. The van der Waals surface area contributed by atoms with Gasteiger partial charge < -0.3 is 19.5 Å². The largest absolute Gasteiger partial charge is 0.497 e. The van der Waals surface area contributed by atoms with E-state index in [9.17, 15) is 32.3 Å². The lowest BCUT2D eigenvalue weighted by molar-refractivity contribution is -0.202. The van der Waals surface area contributed by atoms with Crippen LogP contribution in [-0.2, 0) is 16.0 Å². The zero-order valence-corrected chi connectivity index (χ0v) is 20.9. The summed E-state index contributed by atoms with van der Waals surface area (Å²) in [7, 11) is 4.23. The van der Waals surface area contributed by atoms with Crippen molar-refractivity contribution in [1.29, 1.82) is 0 Å². The molecular formula is C25H23F3N4O7. The van der Waals surface area contributed by atoms with Crippen molar-refractivity contribution in [3.8, 4) is 17.2 Å². The molecule has 0 aliphatic carbocycles. The average molecular weight is 548 g/mol. The maximum Gasteiger partial charge on any atom is 0.422 e. The first kappa shape index (κ1) is 27.4. The van der Waals surface area contributed by atoms with Gasteiger partial charge in [0, 0.05) is 12.1 Å². The van der Waals surface area contributed by atoms with Gasteiger partial charge >= 0.3 is 12.2 Å². The molecule has 4 rings (SSSR count). The van der Waals surface area contributed by atoms with E-state index in [1.165, 1.54) is 45.6 Å². The normalized spacial score (nSPS) is 20.7. The van der Waals surface area contributed by atoms with Crippen LogP contribution in [0.15, 0.2) is 47.5 Å². The van der Waals surface area contributed by atoms with Crippen molar-refractivity contribution >= 4 is 29.6 Å². The fraction of sp³-hybridized carbons (Fsp3) is 0.320. The van der Waals surface area contributed by atoms with E-state index in [4.69, 9.17) is 14.2 Å². The van der Waals surface area contributed by atoms with Crippen molar-refractivity contribution < 1.29 is 46.6 Å². The Balaban J connectivity index is 1.65. The number of alkyl halides is 3. The van der Waals surface area contributed by atoms with E-state index in [0.717, 1.165) is 4.90 Å². The number of fused-ring (bicyclic) bond motifs is 1. The first-order chi connectivity index (χ1) is 18.5. The molecule has 0 aromatic heterocycles. The highest BCUT2D eigenvalue weighted by molar-refractivity contribution is 6.27. The van der Waals surface area contributed by atoms with Gasteiger partial charge in [0.1, 0.15) is 17.5 Å². The molecular weight excluding hydrogens is 525 g/mol. The molecule has 2 atom stereocenters. The molecule has 1 saturated heterocycles. The monoisotopic (exact) mass is 548 g/mol. The third kappa shape index (κ3) is 4.73. The van der Waals surface area contributed by atoms with Crippen LogP contribution in [0.1, 0.15) is 15.9 Å². The number of amides is 5. The number of benzene rings is 2. The van der Waals surface area contributed by atoms with Gasteiger partial charge in [0.15, 0.2) is 11.5 Å². The molecule has 1 fully saturated rings. The Bertz CT molecular complexity index is 1360. The number of rotatable bonds is 8. The maximum absolute atomic E-state index is 14.6. The minimum absolute atomic E-state index is 0.0963. The predicted molar refractivity (Wildman–Crippen MR) is 129 cm³/mol. The Hall–Kier alpha value is -4.62. The van der Waals surface area contributed by atoms with Crippen molar-refractivity contribution in [3.05, 3.63) is 53.6 Å². The van der Waals surface area contributed by atoms with Gasteiger partial charge in [0.2, 0.25) is 11.4 Å². The van der Waals surface area contributed by atoms with Gasteiger partial charge in [0.25, 0.3) is 11.8 Å². The first-order valence-electron chi connectivity index (χ1n) is 11.5. The lowest BCUT2D eigenvalue weighted by Crippen LogP contribution is -2.72. The predicted octanol–water partition coefficient (Wildman–Crippen LogP) is 2.09. The molecule has 2 aliphatic heterocycles. The zero-order chi connectivity index (χ0) is 28.5. The summed E-state index contributed by atoms with van der Waals surface area (Å²) in [5.74, 6) is -6.39. The van der Waals surface area contributed by atoms with Crippen molar-refractivity contribution in [2.24, 2.45) is 10.9 Å². The summed E-state index contributed by atoms with van der Waals surface area (Å²) >= 11 is 0. The van der Waals surface area contributed by atoms with Gasteiger partial charge in [-0.3, -0.25) is 24.6 Å². The molecule has 11 nitrogen and oxygen atoms in total. The van der Waals surface area contributed by atoms with Crippen molar-refractivity contribution in [2.75, 3.05) is 27.9 Å². The number of imide groups is 1. The van der Waals surface area contributed by atoms with Crippen molar-refractivity contribution in [1.82, 2.24) is 15.5 Å². The van der Waals surface area contributed by atoms with Crippen molar-refractivity contribution in [3.63, 3.8) is 0 Å². The minimum atomic E-state index is -5.45. The van der Waals surface area contributed by atoms with Gasteiger partial charge in [-0.15, -0.1) is 0 Å². The van der Waals surface area contributed by atoms with Crippen LogP contribution in [0.5, 0.6) is 17.2 Å². The van der Waals surface area contributed by atoms with Crippen LogP contribution in [-0.4, -0.2) is 74.1 Å². The second kappa shape index (κ2) is 10.3. The second-order valence-electron chi connectivity index (χ2n) is 8.58. The average Bonchev–Trinajstić information content (AvgIpc) is 3.21. The van der Waals surface area contributed by atoms with Gasteiger partial charge in [-0.05, 0) is 48.4 Å². The summed E-state index contributed by atoms with van der Waals surface area (Å²) in [4.78, 5) is 55.5. The molecule has 5 amide bonds. The standard InChI is InChI=1S/C25H23F3N4O7/c1-37-15-7-5-14(6-8-15)20(33)31-24(25(26,27)28)18-19(29-22(24)35)32(23(36)30-21(18)34)11-10-13-4-9-16(38-2)17(12-13)39-3/h4-9,12,18H,10-11H2,1-3H3,(H,31,33)(H,30,34,36). The molecule has 2 heterocycles. The number of nitrogens with one attached hydrogen (secondary N) is 2. The molecule has 39 heavy (non-hydrogen) atoms. The van der Waals surface area contributed by atoms with Crippen LogP contribution in [0.2, 0.25) is 0 Å². The van der Waals surface area contributed by atoms with E-state index in [-0.39, 0.29) is 18.5 Å². The fourth-order valence-electron chi connectivity index (χ4n) is 4.42. The van der Waals surface area contributed by atoms with E-state index in [1.54, 1.807) is 23.5 Å². The summed E-state index contributed by atoms with van der Waals surface area (Å²) < 4.78 is 59.2. The van der Waals surface area contributed by atoms with Crippen LogP contribution in [0.3, 0.4) is 0 Å². The fourth-order valence-corrected chi connectivity index (χ4v) is 4.42. The number of nitrogens with zero attached hydrogens (tertiary/aromatic N) is 2. The lowest BCUT2D eigenvalue weighted by Gasteiger charge is -2.39. The molecule has 2 aliphatic rings. The highest BCUT2D eigenvalue weighted by Gasteiger charge is 2.73. The second-order valence-corrected chi connectivity index (χ2v) is 8.58. The smallest absolute Gasteiger partial charge is 0.422 e. The van der Waals surface area contributed by atoms with E-state index in [1.807, 2.05) is 5.32 Å². The number of halogens is 3. The van der Waals surface area contributed by atoms with Gasteiger partial charge in [-0.2, -0.15) is 18.2 Å². The third-order valence-electron chi connectivity index (χ3n) is 6.44. The van der Waals surface area contributed by atoms with Crippen LogP contribution in [0.4, 0.5) is 18.0 Å². The van der Waals surface area contributed by atoms with Crippen molar-refractivity contribution in [2.45, 2.75) is 18.1 Å². The molecule has 14 heteroatoms. The summed E-state index contributed by atoms with van der Waals surface area (Å²) in [5.41, 5.74) is -3.34. The number of hydrogen-bond acceptors (Lipinski definition) is 7. The molecule has 206 valence electrons. The SMILES string of the molecule is COc1ccc(C(=O)NC2(C(F)(F)F)C(=O)N=C3C2C(=O)NC(=O)N3CCc2ccc(OC)c(OC)c2)cc1. The van der Waals surface area contributed by atoms with Gasteiger partial charge in [0.05, 0.1) is 21.3 Å². The molecule has 0 saturated carbocycles. The minimum Gasteiger partial charge on any atom is -0.497 e. The maximum atomic E-state index is 14.6. The molecule has 2 N–H and O–H groups in total. The topological polar surface area (TPSA) is 136 Å². The molecule has 2 unspecified atom stereocenters.